The van der Waals surface area contributed by atoms with Crippen LogP contribution in [-0.4, -0.2) is 87.2 Å². The number of hydrogen-bond donors (Lipinski definition) is 2. The summed E-state index contributed by atoms with van der Waals surface area (Å²) in [6.07, 6.45) is 9.26. The lowest BCUT2D eigenvalue weighted by Crippen LogP contribution is -3.00. The summed E-state index contributed by atoms with van der Waals surface area (Å²) in [7, 11) is 4.37. The van der Waals surface area contributed by atoms with Crippen LogP contribution in [0.2, 0.25) is 0 Å². The molecular formula is C20H40I2N4O2. The summed E-state index contributed by atoms with van der Waals surface area (Å²) in [5.74, 6) is 0.389. The van der Waals surface area contributed by atoms with Crippen molar-refractivity contribution in [3.63, 3.8) is 0 Å². The molecule has 2 N–H and O–H groups in total. The van der Waals surface area contributed by atoms with Gasteiger partial charge in [0.2, 0.25) is 0 Å². The standard InChI is InChI=1S/C20H38N4O2.2HI/c1-23(13-7-8-14-23)17-19(25)21-11-5-3-4-6-12-22-20(26)18-24(2)15-9-10-16-24;;/h3-18H2,1-2H3;2*1H. The zero-order valence-electron chi connectivity index (χ0n) is 17.8. The zero-order valence-corrected chi connectivity index (χ0v) is 22.1. The Morgan fingerprint density at radius 2 is 0.964 bits per heavy atom. The molecule has 0 bridgehead atoms. The maximum atomic E-state index is 12.0. The van der Waals surface area contributed by atoms with Crippen LogP contribution in [0, 0.1) is 0 Å². The Balaban J connectivity index is 0.00000364. The van der Waals surface area contributed by atoms with Gasteiger partial charge >= 0.3 is 0 Å². The van der Waals surface area contributed by atoms with Crippen molar-refractivity contribution >= 4 is 11.8 Å². The van der Waals surface area contributed by atoms with Crippen molar-refractivity contribution in [2.45, 2.75) is 51.4 Å². The third kappa shape index (κ3) is 10.9. The summed E-state index contributed by atoms with van der Waals surface area (Å²) < 4.78 is 1.81. The molecule has 0 aromatic rings. The fourth-order valence-electron chi connectivity index (χ4n) is 4.38. The van der Waals surface area contributed by atoms with Crippen LogP contribution in [0.5, 0.6) is 0 Å². The second-order valence-corrected chi connectivity index (χ2v) is 8.98. The molecule has 2 fully saturated rings. The lowest BCUT2D eigenvalue weighted by atomic mass is 10.2. The van der Waals surface area contributed by atoms with E-state index >= 15 is 0 Å². The average Bonchev–Trinajstić information content (AvgIpc) is 3.18. The van der Waals surface area contributed by atoms with E-state index in [-0.39, 0.29) is 59.8 Å². The van der Waals surface area contributed by atoms with E-state index in [1.54, 1.807) is 0 Å². The van der Waals surface area contributed by atoms with Crippen LogP contribution < -0.4 is 58.6 Å². The number of carbonyl (C=O) groups excluding carboxylic acids is 2. The van der Waals surface area contributed by atoms with Gasteiger partial charge in [-0.05, 0) is 12.8 Å². The molecule has 0 aromatic carbocycles. The highest BCUT2D eigenvalue weighted by Crippen LogP contribution is 2.16. The molecule has 0 aliphatic carbocycles. The third-order valence-electron chi connectivity index (χ3n) is 6.09. The molecule has 0 atom stereocenters. The van der Waals surface area contributed by atoms with E-state index in [9.17, 15) is 9.59 Å². The van der Waals surface area contributed by atoms with Gasteiger partial charge in [0, 0.05) is 38.8 Å². The quantitative estimate of drug-likeness (QED) is 0.138. The molecule has 0 spiro atoms. The van der Waals surface area contributed by atoms with E-state index in [4.69, 9.17) is 0 Å². The van der Waals surface area contributed by atoms with Gasteiger partial charge in [-0.3, -0.25) is 9.59 Å². The average molecular weight is 622 g/mol. The van der Waals surface area contributed by atoms with Gasteiger partial charge in [-0.15, -0.1) is 0 Å². The first-order chi connectivity index (χ1) is 12.4. The van der Waals surface area contributed by atoms with Crippen molar-refractivity contribution in [1.82, 2.24) is 10.6 Å². The first kappa shape index (κ1) is 28.3. The number of nitrogens with one attached hydrogen (secondary N) is 2. The van der Waals surface area contributed by atoms with Crippen LogP contribution in [0.1, 0.15) is 51.4 Å². The lowest BCUT2D eigenvalue weighted by molar-refractivity contribution is -0.889. The minimum Gasteiger partial charge on any atom is -1.00 e. The Labute approximate surface area is 205 Å². The summed E-state index contributed by atoms with van der Waals surface area (Å²) in [6.45, 7) is 7.36. The molecule has 0 unspecified atom stereocenters. The van der Waals surface area contributed by atoms with Gasteiger partial charge < -0.3 is 67.6 Å². The Morgan fingerprint density at radius 1 is 0.643 bits per heavy atom. The number of likely N-dealkylation sites (tertiary alicyclic amines) is 2. The molecule has 2 rings (SSSR count). The number of likely N-dealkylation sites (N-methyl/N-ethyl adjacent to an activating group) is 2. The van der Waals surface area contributed by atoms with Crippen LogP contribution in [-0.2, 0) is 9.59 Å². The zero-order chi connectivity index (χ0) is 18.9. The van der Waals surface area contributed by atoms with E-state index < -0.39 is 0 Å². The van der Waals surface area contributed by atoms with E-state index in [0.717, 1.165) is 73.9 Å². The monoisotopic (exact) mass is 622 g/mol. The molecule has 28 heavy (non-hydrogen) atoms. The van der Waals surface area contributed by atoms with Gasteiger partial charge in [0.15, 0.2) is 13.1 Å². The SMILES string of the molecule is C[N+]1(CC(=O)NCCCCCCNC(=O)C[N+]2(C)CCCC2)CCCC1.[I-].[I-]. The highest BCUT2D eigenvalue weighted by Gasteiger charge is 2.30. The minimum absolute atomic E-state index is 0. The highest BCUT2D eigenvalue weighted by atomic mass is 127. The van der Waals surface area contributed by atoms with Crippen molar-refractivity contribution in [2.75, 3.05) is 66.5 Å². The van der Waals surface area contributed by atoms with E-state index in [2.05, 4.69) is 24.7 Å². The van der Waals surface area contributed by atoms with E-state index in [1.807, 2.05) is 0 Å². The Kier molecular flexibility index (Phi) is 14.5. The summed E-state index contributed by atoms with van der Waals surface area (Å²) in [4.78, 5) is 24.0. The molecule has 6 nitrogen and oxygen atoms in total. The molecule has 2 aliphatic rings. The molecule has 2 amide bonds. The molecule has 2 saturated heterocycles. The van der Waals surface area contributed by atoms with Gasteiger partial charge in [0.1, 0.15) is 0 Å². The third-order valence-corrected chi connectivity index (χ3v) is 6.09. The maximum Gasteiger partial charge on any atom is 0.275 e. The molecule has 8 heteroatoms. The van der Waals surface area contributed by atoms with E-state index in [1.165, 1.54) is 25.7 Å². The number of carbonyl (C=O) groups is 2. The van der Waals surface area contributed by atoms with Crippen LogP contribution in [0.3, 0.4) is 0 Å². The predicted octanol–water partition coefficient (Wildman–Crippen LogP) is -4.73. The van der Waals surface area contributed by atoms with Crippen LogP contribution >= 0.6 is 0 Å². The number of rotatable bonds is 11. The summed E-state index contributed by atoms with van der Waals surface area (Å²) >= 11 is 0. The predicted molar refractivity (Wildman–Crippen MR) is 105 cm³/mol. The number of quaternary nitrogens is 2. The fourth-order valence-corrected chi connectivity index (χ4v) is 4.38. The summed E-state index contributed by atoms with van der Waals surface area (Å²) in [6, 6.07) is 0. The largest absolute Gasteiger partial charge is 1.00 e. The summed E-state index contributed by atoms with van der Waals surface area (Å²) in [5, 5.41) is 6.12. The van der Waals surface area contributed by atoms with Gasteiger partial charge in [0.25, 0.3) is 11.8 Å². The molecule has 0 radical (unpaired) electrons. The Morgan fingerprint density at radius 3 is 1.29 bits per heavy atom. The van der Waals surface area contributed by atoms with Crippen molar-refractivity contribution in [3.05, 3.63) is 0 Å². The highest BCUT2D eigenvalue weighted by molar-refractivity contribution is 5.77. The fraction of sp³-hybridized carbons (Fsp3) is 0.900. The van der Waals surface area contributed by atoms with Crippen LogP contribution in [0.4, 0.5) is 0 Å². The van der Waals surface area contributed by atoms with Gasteiger partial charge in [0.05, 0.1) is 40.3 Å². The van der Waals surface area contributed by atoms with Crippen molar-refractivity contribution in [1.29, 1.82) is 0 Å². The molecule has 0 saturated carbocycles. The molecule has 0 aromatic heterocycles. The van der Waals surface area contributed by atoms with Gasteiger partial charge in [-0.25, -0.2) is 0 Å². The Bertz CT molecular complexity index is 423. The number of nitrogens with zero attached hydrogens (tertiary/aromatic N) is 2. The summed E-state index contributed by atoms with van der Waals surface area (Å²) in [5.41, 5.74) is 0. The second-order valence-electron chi connectivity index (χ2n) is 8.98. The number of amides is 2. The number of hydrogen-bond acceptors (Lipinski definition) is 2. The van der Waals surface area contributed by atoms with Crippen molar-refractivity contribution in [2.24, 2.45) is 0 Å². The van der Waals surface area contributed by atoms with Crippen LogP contribution in [0.15, 0.2) is 0 Å². The van der Waals surface area contributed by atoms with Crippen LogP contribution in [0.25, 0.3) is 0 Å². The molecular weight excluding hydrogens is 582 g/mol. The minimum atomic E-state index is 0. The normalized spacial score (nSPS) is 19.4. The smallest absolute Gasteiger partial charge is 0.275 e. The molecule has 166 valence electrons. The van der Waals surface area contributed by atoms with Crippen molar-refractivity contribution < 1.29 is 66.5 Å². The van der Waals surface area contributed by atoms with E-state index in [0.29, 0.717) is 13.1 Å². The van der Waals surface area contributed by atoms with Gasteiger partial charge in [-0.2, -0.15) is 0 Å². The number of unbranched alkanes of at least 4 members (excludes halogenated alkanes) is 3. The van der Waals surface area contributed by atoms with Gasteiger partial charge in [-0.1, -0.05) is 12.8 Å². The number of halogens is 2. The maximum absolute atomic E-state index is 12.0. The lowest BCUT2D eigenvalue weighted by Gasteiger charge is -2.28. The first-order valence-corrected chi connectivity index (χ1v) is 10.6. The molecule has 2 aliphatic heterocycles. The first-order valence-electron chi connectivity index (χ1n) is 10.6. The topological polar surface area (TPSA) is 58.2 Å². The second kappa shape index (κ2) is 14.3. The molecule has 2 heterocycles. The Hall–Kier alpha value is 0.320. The van der Waals surface area contributed by atoms with Crippen molar-refractivity contribution in [3.8, 4) is 0 Å².